The molecule has 0 aromatic heterocycles. The van der Waals surface area contributed by atoms with E-state index in [0.717, 1.165) is 0 Å². The Bertz CT molecular complexity index is 911. The Morgan fingerprint density at radius 3 is 2.44 bits per heavy atom. The number of amides is 1. The molecular formula is C21H22N2O4. The molecule has 0 saturated heterocycles. The van der Waals surface area contributed by atoms with E-state index < -0.39 is 23.0 Å². The average Bonchev–Trinajstić information content (AvgIpc) is 2.88. The summed E-state index contributed by atoms with van der Waals surface area (Å²) in [5.41, 5.74) is -0.721. The molecule has 1 N–H and O–H groups in total. The first-order valence-electron chi connectivity index (χ1n) is 9.11. The molecule has 1 saturated carbocycles. The number of aliphatic hydroxyl groups is 1. The molecule has 4 atom stereocenters. The summed E-state index contributed by atoms with van der Waals surface area (Å²) in [5.74, 6) is -1.04. The fourth-order valence-corrected chi connectivity index (χ4v) is 5.19. The van der Waals surface area contributed by atoms with Gasteiger partial charge in [0.25, 0.3) is 0 Å². The maximum absolute atomic E-state index is 13.6. The minimum Gasteiger partial charge on any atom is -0.389 e. The largest absolute Gasteiger partial charge is 0.389 e. The number of hydrogen-bond acceptors (Lipinski definition) is 4. The van der Waals surface area contributed by atoms with Crippen molar-refractivity contribution in [3.05, 3.63) is 75.8 Å². The first-order valence-corrected chi connectivity index (χ1v) is 9.11. The molecule has 140 valence electrons. The number of carbonyl (C=O) groups is 1. The number of benzene rings is 2. The van der Waals surface area contributed by atoms with Gasteiger partial charge in [-0.25, -0.2) is 0 Å². The van der Waals surface area contributed by atoms with Crippen molar-refractivity contribution in [2.75, 3.05) is 11.9 Å². The van der Waals surface area contributed by atoms with Crippen LogP contribution in [0.15, 0.2) is 54.6 Å². The van der Waals surface area contributed by atoms with Crippen LogP contribution in [0, 0.1) is 10.1 Å². The highest BCUT2D eigenvalue weighted by molar-refractivity contribution is 6.09. The van der Waals surface area contributed by atoms with E-state index in [1.807, 2.05) is 54.6 Å². The van der Waals surface area contributed by atoms with Gasteiger partial charge in [-0.15, -0.1) is 0 Å². The van der Waals surface area contributed by atoms with Crippen LogP contribution < -0.4 is 4.90 Å². The fourth-order valence-electron chi connectivity index (χ4n) is 5.19. The number of likely N-dealkylation sites (N-methyl/N-ethyl adjacent to an activating group) is 1. The van der Waals surface area contributed by atoms with Crippen molar-refractivity contribution in [1.29, 1.82) is 0 Å². The fraction of sp³-hybridized carbons (Fsp3) is 0.381. The first-order chi connectivity index (χ1) is 12.8. The molecular weight excluding hydrogens is 344 g/mol. The predicted octanol–water partition coefficient (Wildman–Crippen LogP) is 2.87. The van der Waals surface area contributed by atoms with Crippen molar-refractivity contribution in [2.24, 2.45) is 0 Å². The van der Waals surface area contributed by atoms with Gasteiger partial charge in [0.1, 0.15) is 5.41 Å². The van der Waals surface area contributed by atoms with E-state index in [0.29, 0.717) is 16.8 Å². The molecule has 6 nitrogen and oxygen atoms in total. The van der Waals surface area contributed by atoms with Crippen molar-refractivity contribution < 1.29 is 14.8 Å². The summed E-state index contributed by atoms with van der Waals surface area (Å²) >= 11 is 0. The van der Waals surface area contributed by atoms with E-state index >= 15 is 0 Å². The third-order valence-corrected chi connectivity index (χ3v) is 6.39. The average molecular weight is 366 g/mol. The molecule has 27 heavy (non-hydrogen) atoms. The highest BCUT2D eigenvalue weighted by atomic mass is 16.6. The molecule has 1 spiro atoms. The molecule has 0 unspecified atom stereocenters. The van der Waals surface area contributed by atoms with Gasteiger partial charge in [-0.3, -0.25) is 14.9 Å². The summed E-state index contributed by atoms with van der Waals surface area (Å²) in [6.07, 6.45) is 0.413. The monoisotopic (exact) mass is 366 g/mol. The topological polar surface area (TPSA) is 83.7 Å². The zero-order chi connectivity index (χ0) is 19.4. The number of para-hydroxylation sites is 1. The normalized spacial score (nSPS) is 32.6. The Hall–Kier alpha value is -2.73. The van der Waals surface area contributed by atoms with Crippen LogP contribution in [0.2, 0.25) is 0 Å². The zero-order valence-electron chi connectivity index (χ0n) is 15.3. The molecule has 1 aliphatic heterocycles. The lowest BCUT2D eigenvalue weighted by atomic mass is 9.52. The van der Waals surface area contributed by atoms with Gasteiger partial charge in [-0.05, 0) is 30.5 Å². The first kappa shape index (κ1) is 17.7. The summed E-state index contributed by atoms with van der Waals surface area (Å²) in [6, 6.07) is 15.5. The minimum atomic E-state index is -1.40. The van der Waals surface area contributed by atoms with Crippen LogP contribution in [0.25, 0.3) is 0 Å². The zero-order valence-corrected chi connectivity index (χ0v) is 15.3. The molecule has 2 aromatic carbocycles. The molecule has 1 aliphatic carbocycles. The van der Waals surface area contributed by atoms with Crippen molar-refractivity contribution in [3.63, 3.8) is 0 Å². The van der Waals surface area contributed by atoms with Gasteiger partial charge >= 0.3 is 0 Å². The Labute approximate surface area is 157 Å². The summed E-state index contributed by atoms with van der Waals surface area (Å²) in [6.45, 7) is 1.65. The predicted molar refractivity (Wildman–Crippen MR) is 101 cm³/mol. The lowest BCUT2D eigenvalue weighted by molar-refractivity contribution is -0.534. The van der Waals surface area contributed by atoms with Gasteiger partial charge in [0.15, 0.2) is 0 Å². The van der Waals surface area contributed by atoms with E-state index in [1.165, 1.54) is 4.90 Å². The number of fused-ring (bicyclic) bond motifs is 2. The van der Waals surface area contributed by atoms with Crippen LogP contribution in [-0.2, 0) is 10.2 Å². The van der Waals surface area contributed by atoms with Gasteiger partial charge < -0.3 is 10.0 Å². The van der Waals surface area contributed by atoms with Crippen LogP contribution in [-0.4, -0.2) is 34.6 Å². The van der Waals surface area contributed by atoms with E-state index in [-0.39, 0.29) is 23.7 Å². The van der Waals surface area contributed by atoms with Crippen LogP contribution >= 0.6 is 0 Å². The second-order valence-electron chi connectivity index (χ2n) is 7.74. The second-order valence-corrected chi connectivity index (χ2v) is 7.74. The number of rotatable bonds is 2. The maximum atomic E-state index is 13.6. The standard InChI is InChI=1S/C21H22N2O4/c1-20(25)13-12-17(23(26)27)18(14-8-4-3-5-9-14)21(20)15-10-6-7-11-16(15)22(2)19(21)24/h3-11,17-18,25H,12-13H2,1-2H3/t17-,18+,20+,21-/m1/s1. The van der Waals surface area contributed by atoms with Crippen molar-refractivity contribution in [1.82, 2.24) is 0 Å². The Kier molecular flexibility index (Phi) is 3.85. The van der Waals surface area contributed by atoms with Gasteiger partial charge in [-0.1, -0.05) is 48.5 Å². The Morgan fingerprint density at radius 2 is 1.78 bits per heavy atom. The van der Waals surface area contributed by atoms with E-state index in [9.17, 15) is 20.0 Å². The molecule has 1 amide bonds. The SMILES string of the molecule is CN1C(=O)[C@@]2(c3ccccc31)[C@@H](c1ccccc1)[C@H]([N+](=O)[O-])CC[C@]2(C)O. The van der Waals surface area contributed by atoms with Gasteiger partial charge in [0.05, 0.1) is 11.5 Å². The van der Waals surface area contributed by atoms with Crippen LogP contribution in [0.1, 0.15) is 36.8 Å². The molecule has 1 heterocycles. The lowest BCUT2D eigenvalue weighted by Gasteiger charge is -2.50. The van der Waals surface area contributed by atoms with Gasteiger partial charge in [0, 0.05) is 24.1 Å². The van der Waals surface area contributed by atoms with Crippen LogP contribution in [0.4, 0.5) is 5.69 Å². The van der Waals surface area contributed by atoms with Crippen LogP contribution in [0.3, 0.4) is 0 Å². The molecule has 4 rings (SSSR count). The molecule has 2 aliphatic rings. The van der Waals surface area contributed by atoms with Crippen molar-refractivity contribution in [2.45, 2.75) is 42.7 Å². The number of anilines is 1. The summed E-state index contributed by atoms with van der Waals surface area (Å²) in [7, 11) is 1.67. The smallest absolute Gasteiger partial charge is 0.241 e. The maximum Gasteiger partial charge on any atom is 0.241 e. The van der Waals surface area contributed by atoms with Gasteiger partial charge in [-0.2, -0.15) is 0 Å². The van der Waals surface area contributed by atoms with Gasteiger partial charge in [0.2, 0.25) is 11.9 Å². The number of nitro groups is 1. The van der Waals surface area contributed by atoms with Crippen molar-refractivity contribution in [3.8, 4) is 0 Å². The molecule has 2 aromatic rings. The summed E-state index contributed by atoms with van der Waals surface area (Å²) in [4.78, 5) is 26.9. The quantitative estimate of drug-likeness (QED) is 0.654. The third-order valence-electron chi connectivity index (χ3n) is 6.39. The second kappa shape index (κ2) is 5.89. The minimum absolute atomic E-state index is 0.190. The van der Waals surface area contributed by atoms with E-state index in [4.69, 9.17) is 0 Å². The van der Waals surface area contributed by atoms with Crippen LogP contribution in [0.5, 0.6) is 0 Å². The number of hydrogen-bond donors (Lipinski definition) is 1. The van der Waals surface area contributed by atoms with E-state index in [1.54, 1.807) is 14.0 Å². The summed E-state index contributed by atoms with van der Waals surface area (Å²) in [5, 5.41) is 23.5. The molecule has 0 radical (unpaired) electrons. The number of carbonyl (C=O) groups excluding carboxylic acids is 1. The highest BCUT2D eigenvalue weighted by Gasteiger charge is 2.70. The lowest BCUT2D eigenvalue weighted by Crippen LogP contribution is -2.64. The summed E-state index contributed by atoms with van der Waals surface area (Å²) < 4.78 is 0. The molecule has 6 heteroatoms. The van der Waals surface area contributed by atoms with E-state index in [2.05, 4.69) is 0 Å². The van der Waals surface area contributed by atoms with Crippen molar-refractivity contribution >= 4 is 11.6 Å². The molecule has 1 fully saturated rings. The molecule has 0 bridgehead atoms. The Morgan fingerprint density at radius 1 is 1.15 bits per heavy atom. The number of nitrogens with zero attached hydrogens (tertiary/aromatic N) is 2. The Balaban J connectivity index is 2.07. The third kappa shape index (κ3) is 2.19. The highest BCUT2D eigenvalue weighted by Crippen LogP contribution is 2.60.